The second-order valence-corrected chi connectivity index (χ2v) is 7.19. The van der Waals surface area contributed by atoms with E-state index in [9.17, 15) is 9.59 Å². The third kappa shape index (κ3) is 3.76. The second kappa shape index (κ2) is 7.84. The van der Waals surface area contributed by atoms with Gasteiger partial charge in [-0.2, -0.15) is 0 Å². The number of rotatable bonds is 4. The molecule has 28 heavy (non-hydrogen) atoms. The van der Waals surface area contributed by atoms with Crippen LogP contribution < -0.4 is 15.6 Å². The normalized spacial score (nSPS) is 14.8. The van der Waals surface area contributed by atoms with E-state index >= 15 is 0 Å². The van der Waals surface area contributed by atoms with Gasteiger partial charge in [-0.15, -0.1) is 0 Å². The van der Waals surface area contributed by atoms with Crippen LogP contribution in [0, 0.1) is 0 Å². The lowest BCUT2D eigenvalue weighted by molar-refractivity contribution is 0.102. The summed E-state index contributed by atoms with van der Waals surface area (Å²) in [6, 6.07) is 12.2. The second-order valence-electron chi connectivity index (χ2n) is 7.19. The molecule has 0 spiro atoms. The maximum absolute atomic E-state index is 12.9. The molecule has 1 aromatic carbocycles. The van der Waals surface area contributed by atoms with Crippen molar-refractivity contribution in [3.63, 3.8) is 0 Å². The Morgan fingerprint density at radius 1 is 1.14 bits per heavy atom. The lowest BCUT2D eigenvalue weighted by Crippen LogP contribution is -2.22. The Labute approximate surface area is 163 Å². The lowest BCUT2D eigenvalue weighted by atomic mass is 9.98. The van der Waals surface area contributed by atoms with Crippen molar-refractivity contribution in [1.82, 2.24) is 9.55 Å². The summed E-state index contributed by atoms with van der Waals surface area (Å²) in [4.78, 5) is 29.4. The number of para-hydroxylation sites is 1. The zero-order valence-electron chi connectivity index (χ0n) is 15.9. The minimum Gasteiger partial charge on any atom is -0.474 e. The van der Waals surface area contributed by atoms with Crippen LogP contribution in [-0.2, 0) is 7.05 Å². The van der Waals surface area contributed by atoms with Crippen LogP contribution in [0.4, 0.5) is 5.69 Å². The average molecular weight is 377 g/mol. The highest BCUT2D eigenvalue weighted by atomic mass is 16.5. The van der Waals surface area contributed by atoms with E-state index in [0.717, 1.165) is 23.7 Å². The third-order valence-electron chi connectivity index (χ3n) is 5.23. The zero-order chi connectivity index (χ0) is 19.5. The van der Waals surface area contributed by atoms with Gasteiger partial charge in [-0.25, -0.2) is 4.98 Å². The van der Waals surface area contributed by atoms with Crippen LogP contribution in [0.2, 0.25) is 0 Å². The highest BCUT2D eigenvalue weighted by Gasteiger charge is 2.17. The molecule has 2 aromatic heterocycles. The van der Waals surface area contributed by atoms with Gasteiger partial charge in [-0.05, 0) is 37.8 Å². The first-order valence-corrected chi connectivity index (χ1v) is 9.64. The molecule has 0 radical (unpaired) electrons. The van der Waals surface area contributed by atoms with Crippen LogP contribution >= 0.6 is 0 Å². The highest BCUT2D eigenvalue weighted by molar-refractivity contribution is 6.12. The Hall–Kier alpha value is -3.15. The van der Waals surface area contributed by atoms with Crippen LogP contribution in [-0.4, -0.2) is 21.6 Å². The topological polar surface area (TPSA) is 73.2 Å². The fourth-order valence-corrected chi connectivity index (χ4v) is 3.70. The van der Waals surface area contributed by atoms with Crippen LogP contribution in [0.1, 0.15) is 42.5 Å². The summed E-state index contributed by atoms with van der Waals surface area (Å²) in [5.74, 6) is 0.183. The number of carbonyl (C=O) groups excluding carboxylic acids is 1. The van der Waals surface area contributed by atoms with E-state index in [1.807, 2.05) is 24.3 Å². The minimum absolute atomic E-state index is 0.188. The molecule has 1 N–H and O–H groups in total. The van der Waals surface area contributed by atoms with E-state index in [1.54, 1.807) is 25.4 Å². The number of carbonyl (C=O) groups is 1. The molecule has 0 aliphatic heterocycles. The first-order valence-electron chi connectivity index (χ1n) is 9.64. The molecular weight excluding hydrogens is 354 g/mol. The molecule has 6 heteroatoms. The molecule has 1 amide bonds. The molecule has 2 heterocycles. The molecule has 144 valence electrons. The Morgan fingerprint density at radius 2 is 1.93 bits per heavy atom. The van der Waals surface area contributed by atoms with Gasteiger partial charge in [-0.1, -0.05) is 24.6 Å². The van der Waals surface area contributed by atoms with Gasteiger partial charge in [0.2, 0.25) is 5.88 Å². The van der Waals surface area contributed by atoms with E-state index in [1.165, 1.54) is 29.9 Å². The van der Waals surface area contributed by atoms with Crippen LogP contribution in [0.15, 0.2) is 53.5 Å². The Balaban J connectivity index is 1.57. The van der Waals surface area contributed by atoms with Crippen LogP contribution in [0.5, 0.6) is 5.88 Å². The first kappa shape index (κ1) is 18.2. The van der Waals surface area contributed by atoms with Crippen LogP contribution in [0.25, 0.3) is 10.9 Å². The number of hydrogen-bond donors (Lipinski definition) is 1. The summed E-state index contributed by atoms with van der Waals surface area (Å²) in [6.45, 7) is 0. The van der Waals surface area contributed by atoms with Crippen molar-refractivity contribution in [2.75, 3.05) is 5.32 Å². The molecule has 6 nitrogen and oxygen atoms in total. The van der Waals surface area contributed by atoms with Gasteiger partial charge < -0.3 is 14.6 Å². The van der Waals surface area contributed by atoms with Crippen molar-refractivity contribution in [3.05, 3.63) is 64.6 Å². The lowest BCUT2D eigenvalue weighted by Gasteiger charge is -2.22. The summed E-state index contributed by atoms with van der Waals surface area (Å²) in [7, 11) is 1.70. The summed E-state index contributed by atoms with van der Waals surface area (Å²) in [5, 5.41) is 3.60. The molecule has 1 aliphatic carbocycles. The van der Waals surface area contributed by atoms with Crippen molar-refractivity contribution in [2.45, 2.75) is 38.2 Å². The largest absolute Gasteiger partial charge is 0.474 e. The maximum Gasteiger partial charge on any atom is 0.256 e. The number of pyridine rings is 2. The number of amides is 1. The molecule has 1 fully saturated rings. The molecule has 1 saturated carbocycles. The van der Waals surface area contributed by atoms with E-state index in [4.69, 9.17) is 4.74 Å². The van der Waals surface area contributed by atoms with E-state index in [-0.39, 0.29) is 17.6 Å². The summed E-state index contributed by atoms with van der Waals surface area (Å²) in [6.07, 6.45) is 7.50. The molecule has 0 unspecified atom stereocenters. The van der Waals surface area contributed by atoms with Gasteiger partial charge in [0.05, 0.1) is 11.1 Å². The first-order chi connectivity index (χ1) is 13.6. The number of benzene rings is 1. The SMILES string of the molecule is Cn1c(=O)cc(C(=O)Nc2ccnc(OC3CCCCC3)c2)c2ccccc21. The Bertz CT molecular complexity index is 1070. The van der Waals surface area contributed by atoms with Crippen molar-refractivity contribution >= 4 is 22.5 Å². The fourth-order valence-electron chi connectivity index (χ4n) is 3.70. The molecule has 4 rings (SSSR count). The minimum atomic E-state index is -0.330. The Kier molecular flexibility index (Phi) is 5.10. The number of nitrogens with zero attached hydrogens (tertiary/aromatic N) is 2. The number of aromatic nitrogens is 2. The van der Waals surface area contributed by atoms with Crippen molar-refractivity contribution < 1.29 is 9.53 Å². The molecule has 0 bridgehead atoms. The quantitative estimate of drug-likeness (QED) is 0.748. The van der Waals surface area contributed by atoms with Crippen molar-refractivity contribution in [1.29, 1.82) is 0 Å². The molecular formula is C22H23N3O3. The van der Waals surface area contributed by atoms with Gasteiger partial charge in [0, 0.05) is 36.5 Å². The number of ether oxygens (including phenoxy) is 1. The van der Waals surface area contributed by atoms with Crippen LogP contribution in [0.3, 0.4) is 0 Å². The number of fused-ring (bicyclic) bond motifs is 1. The predicted octanol–water partition coefficient (Wildman–Crippen LogP) is 3.90. The zero-order valence-corrected chi connectivity index (χ0v) is 15.9. The van der Waals surface area contributed by atoms with E-state index in [0.29, 0.717) is 17.1 Å². The standard InChI is InChI=1S/C22H23N3O3/c1-25-19-10-6-5-9-17(19)18(14-21(25)26)22(27)24-15-11-12-23-20(13-15)28-16-7-3-2-4-8-16/h5-6,9-14,16H,2-4,7-8H2,1H3,(H,23,24,27). The number of nitrogens with one attached hydrogen (secondary N) is 1. The average Bonchev–Trinajstić information content (AvgIpc) is 2.72. The van der Waals surface area contributed by atoms with Gasteiger partial charge >= 0.3 is 0 Å². The molecule has 1 aliphatic rings. The Morgan fingerprint density at radius 3 is 2.75 bits per heavy atom. The van der Waals surface area contributed by atoms with E-state index in [2.05, 4.69) is 10.3 Å². The van der Waals surface area contributed by atoms with Gasteiger partial charge in [-0.3, -0.25) is 9.59 Å². The van der Waals surface area contributed by atoms with Crippen molar-refractivity contribution in [2.24, 2.45) is 7.05 Å². The number of hydrogen-bond acceptors (Lipinski definition) is 4. The van der Waals surface area contributed by atoms with Gasteiger partial charge in [0.15, 0.2) is 0 Å². The third-order valence-corrected chi connectivity index (χ3v) is 5.23. The number of anilines is 1. The van der Waals surface area contributed by atoms with Gasteiger partial charge in [0.25, 0.3) is 11.5 Å². The highest BCUT2D eigenvalue weighted by Crippen LogP contribution is 2.24. The monoisotopic (exact) mass is 377 g/mol. The fraction of sp³-hybridized carbons (Fsp3) is 0.318. The molecule has 0 saturated heterocycles. The smallest absolute Gasteiger partial charge is 0.256 e. The summed E-state index contributed by atoms with van der Waals surface area (Å²) in [5.41, 5.74) is 1.44. The maximum atomic E-state index is 12.9. The summed E-state index contributed by atoms with van der Waals surface area (Å²) < 4.78 is 7.51. The van der Waals surface area contributed by atoms with E-state index < -0.39 is 0 Å². The van der Waals surface area contributed by atoms with Crippen molar-refractivity contribution in [3.8, 4) is 5.88 Å². The predicted molar refractivity (Wildman–Crippen MR) is 109 cm³/mol. The number of aryl methyl sites for hydroxylation is 1. The summed E-state index contributed by atoms with van der Waals surface area (Å²) >= 11 is 0. The molecule has 3 aromatic rings. The van der Waals surface area contributed by atoms with Gasteiger partial charge in [0.1, 0.15) is 6.10 Å². The molecule has 0 atom stereocenters.